The van der Waals surface area contributed by atoms with Gasteiger partial charge in [0.2, 0.25) is 5.91 Å². The van der Waals surface area contributed by atoms with Crippen LogP contribution in [-0.2, 0) is 4.79 Å². The van der Waals surface area contributed by atoms with Gasteiger partial charge in [-0.05, 0) is 43.4 Å². The fourth-order valence-corrected chi connectivity index (χ4v) is 2.32. The zero-order valence-electron chi connectivity index (χ0n) is 16.0. The molecule has 2 atom stereocenters. The molecule has 0 aromatic heterocycles. The van der Waals surface area contributed by atoms with Crippen LogP contribution < -0.4 is 20.5 Å². The highest BCUT2D eigenvalue weighted by atomic mass is 35.5. The molecule has 0 spiro atoms. The number of hydrogen-bond donors (Lipinski definition) is 2. The minimum Gasteiger partial charge on any atom is -0.493 e. The first-order chi connectivity index (χ1) is 11.4. The van der Waals surface area contributed by atoms with Gasteiger partial charge in [0.1, 0.15) is 0 Å². The van der Waals surface area contributed by atoms with Crippen LogP contribution >= 0.6 is 12.4 Å². The third-order valence-corrected chi connectivity index (χ3v) is 3.94. The van der Waals surface area contributed by atoms with Gasteiger partial charge in [-0.25, -0.2) is 0 Å². The fourth-order valence-electron chi connectivity index (χ4n) is 2.32. The van der Waals surface area contributed by atoms with Crippen molar-refractivity contribution in [3.8, 4) is 11.5 Å². The van der Waals surface area contributed by atoms with Crippen molar-refractivity contribution in [2.45, 2.75) is 59.0 Å². The van der Waals surface area contributed by atoms with Gasteiger partial charge >= 0.3 is 0 Å². The summed E-state index contributed by atoms with van der Waals surface area (Å²) in [4.78, 5) is 12.1. The van der Waals surface area contributed by atoms with Crippen LogP contribution in [0.5, 0.6) is 11.5 Å². The Hall–Kier alpha value is -1.46. The smallest absolute Gasteiger partial charge is 0.237 e. The molecule has 6 heteroatoms. The zero-order valence-corrected chi connectivity index (χ0v) is 16.8. The van der Waals surface area contributed by atoms with Crippen molar-refractivity contribution in [1.29, 1.82) is 0 Å². The molecule has 0 fully saturated rings. The molecule has 144 valence electrons. The van der Waals surface area contributed by atoms with E-state index in [-0.39, 0.29) is 24.4 Å². The van der Waals surface area contributed by atoms with Gasteiger partial charge in [-0.2, -0.15) is 0 Å². The summed E-state index contributed by atoms with van der Waals surface area (Å²) in [5.41, 5.74) is 6.82. The van der Waals surface area contributed by atoms with Gasteiger partial charge in [0, 0.05) is 0 Å². The van der Waals surface area contributed by atoms with Gasteiger partial charge in [0.25, 0.3) is 0 Å². The molecule has 0 aliphatic heterocycles. The van der Waals surface area contributed by atoms with E-state index in [0.29, 0.717) is 24.7 Å². The Morgan fingerprint density at radius 1 is 1.20 bits per heavy atom. The maximum atomic E-state index is 12.1. The number of nitrogens with two attached hydrogens (primary N) is 1. The number of amides is 1. The molecule has 0 saturated carbocycles. The summed E-state index contributed by atoms with van der Waals surface area (Å²) < 4.78 is 11.2. The van der Waals surface area contributed by atoms with Crippen molar-refractivity contribution in [1.82, 2.24) is 5.32 Å². The van der Waals surface area contributed by atoms with Crippen LogP contribution in [0.25, 0.3) is 0 Å². The van der Waals surface area contributed by atoms with E-state index in [4.69, 9.17) is 15.2 Å². The van der Waals surface area contributed by atoms with E-state index in [1.165, 1.54) is 0 Å². The first kappa shape index (κ1) is 23.5. The quantitative estimate of drug-likeness (QED) is 0.654. The van der Waals surface area contributed by atoms with E-state index in [2.05, 4.69) is 19.2 Å². The lowest BCUT2D eigenvalue weighted by atomic mass is 10.1. The third-order valence-electron chi connectivity index (χ3n) is 3.94. The lowest BCUT2D eigenvalue weighted by molar-refractivity contribution is -0.123. The predicted molar refractivity (Wildman–Crippen MR) is 105 cm³/mol. The predicted octanol–water partition coefficient (Wildman–Crippen LogP) is 3.85. The molecule has 0 radical (unpaired) electrons. The van der Waals surface area contributed by atoms with Gasteiger partial charge in [0.05, 0.1) is 25.8 Å². The number of ether oxygens (including phenoxy) is 2. The van der Waals surface area contributed by atoms with E-state index < -0.39 is 6.04 Å². The van der Waals surface area contributed by atoms with Crippen molar-refractivity contribution in [2.75, 3.05) is 13.7 Å². The number of carbonyl (C=O) groups excluding carboxylic acids is 1. The summed E-state index contributed by atoms with van der Waals surface area (Å²) in [5.74, 6) is 1.87. The summed E-state index contributed by atoms with van der Waals surface area (Å²) in [7, 11) is 1.62. The van der Waals surface area contributed by atoms with Crippen molar-refractivity contribution < 1.29 is 14.3 Å². The van der Waals surface area contributed by atoms with Crippen LogP contribution in [-0.4, -0.2) is 25.7 Å². The molecule has 1 aromatic carbocycles. The van der Waals surface area contributed by atoms with Gasteiger partial charge in [-0.3, -0.25) is 4.79 Å². The van der Waals surface area contributed by atoms with Crippen LogP contribution in [0.3, 0.4) is 0 Å². The van der Waals surface area contributed by atoms with Crippen LogP contribution in [0.4, 0.5) is 0 Å². The second-order valence-corrected chi connectivity index (χ2v) is 6.57. The fraction of sp³-hybridized carbons (Fsp3) is 0.632. The Kier molecular flexibility index (Phi) is 11.3. The van der Waals surface area contributed by atoms with Crippen LogP contribution in [0, 0.1) is 5.92 Å². The summed E-state index contributed by atoms with van der Waals surface area (Å²) in [6, 6.07) is 5.14. The summed E-state index contributed by atoms with van der Waals surface area (Å²) >= 11 is 0. The molecule has 0 saturated heterocycles. The number of benzene rings is 1. The van der Waals surface area contributed by atoms with Crippen molar-refractivity contribution in [3.05, 3.63) is 23.8 Å². The Morgan fingerprint density at radius 3 is 2.44 bits per heavy atom. The molecule has 2 unspecified atom stereocenters. The summed E-state index contributed by atoms with van der Waals surface area (Å²) in [6.45, 7) is 8.93. The van der Waals surface area contributed by atoms with E-state index in [1.807, 2.05) is 32.0 Å². The van der Waals surface area contributed by atoms with Crippen LogP contribution in [0.2, 0.25) is 0 Å². The van der Waals surface area contributed by atoms with Crippen molar-refractivity contribution in [2.24, 2.45) is 11.7 Å². The molecule has 3 N–H and O–H groups in total. The maximum absolute atomic E-state index is 12.1. The molecule has 1 aromatic rings. The molecule has 1 rings (SSSR count). The Bertz CT molecular complexity index is 523. The Labute approximate surface area is 158 Å². The molecule has 25 heavy (non-hydrogen) atoms. The standard InChI is InChI=1S/C19H32N2O3.ClH/c1-6-7-16(20)19(22)21-14(4)15-8-9-17(18(12-15)23-5)24-11-10-13(2)3;/h8-9,12-14,16H,6-7,10-11,20H2,1-5H3,(H,21,22);1H. The average molecular weight is 373 g/mol. The largest absolute Gasteiger partial charge is 0.493 e. The minimum atomic E-state index is -0.460. The molecule has 0 heterocycles. The Morgan fingerprint density at radius 2 is 1.88 bits per heavy atom. The molecule has 0 aliphatic carbocycles. The van der Waals surface area contributed by atoms with Crippen LogP contribution in [0.1, 0.15) is 58.6 Å². The molecule has 1 amide bonds. The molecular formula is C19H33ClN2O3. The van der Waals surface area contributed by atoms with Gasteiger partial charge in [-0.15, -0.1) is 12.4 Å². The lowest BCUT2D eigenvalue weighted by Gasteiger charge is -2.19. The number of hydrogen-bond acceptors (Lipinski definition) is 4. The molecule has 5 nitrogen and oxygen atoms in total. The maximum Gasteiger partial charge on any atom is 0.237 e. The summed E-state index contributed by atoms with van der Waals surface area (Å²) in [6.07, 6.45) is 2.57. The number of nitrogens with one attached hydrogen (secondary N) is 1. The number of halogens is 1. The zero-order chi connectivity index (χ0) is 18.1. The van der Waals surface area contributed by atoms with E-state index in [0.717, 1.165) is 24.2 Å². The summed E-state index contributed by atoms with van der Waals surface area (Å²) in [5, 5.41) is 2.95. The molecule has 0 aliphatic rings. The lowest BCUT2D eigenvalue weighted by Crippen LogP contribution is -2.41. The van der Waals surface area contributed by atoms with Crippen molar-refractivity contribution >= 4 is 18.3 Å². The number of carbonyl (C=O) groups is 1. The average Bonchev–Trinajstić information content (AvgIpc) is 2.54. The van der Waals surface area contributed by atoms with Gasteiger partial charge < -0.3 is 20.5 Å². The Balaban J connectivity index is 0.00000576. The second-order valence-electron chi connectivity index (χ2n) is 6.57. The molecular weight excluding hydrogens is 340 g/mol. The monoisotopic (exact) mass is 372 g/mol. The first-order valence-electron chi connectivity index (χ1n) is 8.75. The van der Waals surface area contributed by atoms with Crippen LogP contribution in [0.15, 0.2) is 18.2 Å². The topological polar surface area (TPSA) is 73.6 Å². The number of methoxy groups -OCH3 is 1. The highest BCUT2D eigenvalue weighted by molar-refractivity contribution is 5.85. The normalized spacial score (nSPS) is 12.9. The van der Waals surface area contributed by atoms with E-state index >= 15 is 0 Å². The minimum absolute atomic E-state index is 0. The second kappa shape index (κ2) is 12.0. The third kappa shape index (κ3) is 7.97. The SMILES string of the molecule is CCCC(N)C(=O)NC(C)c1ccc(OCCC(C)C)c(OC)c1.Cl. The highest BCUT2D eigenvalue weighted by Crippen LogP contribution is 2.30. The molecule has 0 bridgehead atoms. The van der Waals surface area contributed by atoms with Gasteiger partial charge in [0.15, 0.2) is 11.5 Å². The van der Waals surface area contributed by atoms with E-state index in [9.17, 15) is 4.79 Å². The number of rotatable bonds is 10. The van der Waals surface area contributed by atoms with Crippen molar-refractivity contribution in [3.63, 3.8) is 0 Å². The first-order valence-corrected chi connectivity index (χ1v) is 8.75. The van der Waals surface area contributed by atoms with Gasteiger partial charge in [-0.1, -0.05) is 33.3 Å². The van der Waals surface area contributed by atoms with E-state index in [1.54, 1.807) is 7.11 Å². The highest BCUT2D eigenvalue weighted by Gasteiger charge is 2.17.